The quantitative estimate of drug-likeness (QED) is 0.662. The van der Waals surface area contributed by atoms with E-state index in [2.05, 4.69) is 14.8 Å². The Labute approximate surface area is 146 Å². The molecule has 1 atom stereocenters. The Morgan fingerprint density at radius 2 is 1.84 bits per heavy atom. The molecule has 25 heavy (non-hydrogen) atoms. The predicted octanol–water partition coefficient (Wildman–Crippen LogP) is 2.15. The number of pyridine rings is 1. The SMILES string of the molecule is Cc1nc(N2CCN(C[C@@H](O)c3ccccc3)CC2)ccc1[N+](=O)[O-]. The van der Waals surface area contributed by atoms with Crippen molar-refractivity contribution in [1.29, 1.82) is 0 Å². The number of aryl methyl sites for hydroxylation is 1. The van der Waals surface area contributed by atoms with Crippen molar-refractivity contribution >= 4 is 11.5 Å². The summed E-state index contributed by atoms with van der Waals surface area (Å²) < 4.78 is 0. The van der Waals surface area contributed by atoms with Gasteiger partial charge in [0, 0.05) is 38.8 Å². The number of benzene rings is 1. The van der Waals surface area contributed by atoms with E-state index in [1.807, 2.05) is 30.3 Å². The number of piperazine rings is 1. The van der Waals surface area contributed by atoms with E-state index in [0.717, 1.165) is 37.6 Å². The number of aliphatic hydroxyl groups is 1. The third-order valence-corrected chi connectivity index (χ3v) is 4.55. The van der Waals surface area contributed by atoms with Crippen molar-refractivity contribution in [2.45, 2.75) is 13.0 Å². The number of nitro groups is 1. The van der Waals surface area contributed by atoms with Crippen LogP contribution in [-0.4, -0.2) is 52.6 Å². The van der Waals surface area contributed by atoms with Gasteiger partial charge in [0.2, 0.25) is 0 Å². The number of aromatic nitrogens is 1. The van der Waals surface area contributed by atoms with E-state index in [1.54, 1.807) is 13.0 Å². The number of anilines is 1. The fourth-order valence-electron chi connectivity index (χ4n) is 3.09. The Kier molecular flexibility index (Phi) is 5.25. The maximum atomic E-state index is 10.9. The zero-order valence-electron chi connectivity index (χ0n) is 14.2. The maximum absolute atomic E-state index is 10.9. The van der Waals surface area contributed by atoms with Gasteiger partial charge in [0.15, 0.2) is 0 Å². The van der Waals surface area contributed by atoms with Crippen molar-refractivity contribution in [3.63, 3.8) is 0 Å². The lowest BCUT2D eigenvalue weighted by Crippen LogP contribution is -2.47. The van der Waals surface area contributed by atoms with Crippen LogP contribution in [0.5, 0.6) is 0 Å². The second kappa shape index (κ2) is 7.58. The number of hydrogen-bond acceptors (Lipinski definition) is 6. The minimum atomic E-state index is -0.493. The van der Waals surface area contributed by atoms with Crippen LogP contribution >= 0.6 is 0 Å². The second-order valence-corrected chi connectivity index (χ2v) is 6.25. The summed E-state index contributed by atoms with van der Waals surface area (Å²) in [5, 5.41) is 21.2. The van der Waals surface area contributed by atoms with Gasteiger partial charge in [-0.2, -0.15) is 0 Å². The molecule has 1 saturated heterocycles. The first-order valence-corrected chi connectivity index (χ1v) is 8.37. The standard InChI is InChI=1S/C18H22N4O3/c1-14-16(22(24)25)7-8-18(19-14)21-11-9-20(10-12-21)13-17(23)15-5-3-2-4-6-15/h2-8,17,23H,9-13H2,1H3/t17-/m1/s1. The molecule has 1 fully saturated rings. The smallest absolute Gasteiger partial charge is 0.290 e. The van der Waals surface area contributed by atoms with Crippen LogP contribution in [0.15, 0.2) is 42.5 Å². The molecular formula is C18H22N4O3. The van der Waals surface area contributed by atoms with Gasteiger partial charge in [-0.05, 0) is 18.6 Å². The lowest BCUT2D eigenvalue weighted by atomic mass is 10.1. The summed E-state index contributed by atoms with van der Waals surface area (Å²) in [4.78, 5) is 19.2. The molecule has 1 aliphatic heterocycles. The molecule has 2 heterocycles. The highest BCUT2D eigenvalue weighted by atomic mass is 16.6. The van der Waals surface area contributed by atoms with Gasteiger partial charge in [0.05, 0.1) is 11.0 Å². The number of β-amino-alcohol motifs (C(OH)–C–C–N with tert-alkyl or cyclic N) is 1. The Balaban J connectivity index is 1.57. The molecule has 0 spiro atoms. The van der Waals surface area contributed by atoms with Gasteiger partial charge in [-0.15, -0.1) is 0 Å². The third-order valence-electron chi connectivity index (χ3n) is 4.55. The Bertz CT molecular complexity index is 730. The maximum Gasteiger partial charge on any atom is 0.290 e. The summed E-state index contributed by atoms with van der Waals surface area (Å²) >= 11 is 0. The third kappa shape index (κ3) is 4.12. The Morgan fingerprint density at radius 3 is 2.44 bits per heavy atom. The van der Waals surface area contributed by atoms with Gasteiger partial charge in [-0.1, -0.05) is 30.3 Å². The number of hydrogen-bond donors (Lipinski definition) is 1. The molecule has 2 aromatic rings. The zero-order valence-corrected chi connectivity index (χ0v) is 14.2. The van der Waals surface area contributed by atoms with Crippen LogP contribution in [0.4, 0.5) is 11.5 Å². The number of aliphatic hydroxyl groups excluding tert-OH is 1. The molecule has 0 saturated carbocycles. The fourth-order valence-corrected chi connectivity index (χ4v) is 3.09. The van der Waals surface area contributed by atoms with E-state index in [4.69, 9.17) is 0 Å². The normalized spacial score (nSPS) is 16.6. The first-order chi connectivity index (χ1) is 12.0. The van der Waals surface area contributed by atoms with E-state index in [0.29, 0.717) is 12.2 Å². The van der Waals surface area contributed by atoms with Crippen molar-refractivity contribution in [2.24, 2.45) is 0 Å². The largest absolute Gasteiger partial charge is 0.387 e. The van der Waals surface area contributed by atoms with Crippen LogP contribution in [0.3, 0.4) is 0 Å². The average Bonchev–Trinajstić information content (AvgIpc) is 2.62. The highest BCUT2D eigenvalue weighted by Crippen LogP contribution is 2.22. The second-order valence-electron chi connectivity index (χ2n) is 6.25. The molecule has 0 unspecified atom stereocenters. The van der Waals surface area contributed by atoms with Crippen molar-refractivity contribution in [3.05, 3.63) is 63.8 Å². The topological polar surface area (TPSA) is 82.7 Å². The van der Waals surface area contributed by atoms with Gasteiger partial charge in [0.1, 0.15) is 11.5 Å². The van der Waals surface area contributed by atoms with E-state index in [9.17, 15) is 15.2 Å². The summed E-state index contributed by atoms with van der Waals surface area (Å²) in [5.41, 5.74) is 1.41. The molecule has 0 amide bonds. The van der Waals surface area contributed by atoms with Crippen molar-refractivity contribution in [2.75, 3.05) is 37.6 Å². The van der Waals surface area contributed by atoms with Crippen LogP contribution in [0.25, 0.3) is 0 Å². The van der Waals surface area contributed by atoms with Crippen LogP contribution in [0, 0.1) is 17.0 Å². The zero-order chi connectivity index (χ0) is 17.8. The van der Waals surface area contributed by atoms with E-state index in [-0.39, 0.29) is 5.69 Å². The lowest BCUT2D eigenvalue weighted by Gasteiger charge is -2.36. The molecule has 132 valence electrons. The molecule has 0 bridgehead atoms. The monoisotopic (exact) mass is 342 g/mol. The summed E-state index contributed by atoms with van der Waals surface area (Å²) in [6.07, 6.45) is -0.493. The molecular weight excluding hydrogens is 320 g/mol. The van der Waals surface area contributed by atoms with Crippen molar-refractivity contribution < 1.29 is 10.0 Å². The number of nitrogens with zero attached hydrogens (tertiary/aromatic N) is 4. The van der Waals surface area contributed by atoms with Crippen LogP contribution < -0.4 is 4.90 Å². The van der Waals surface area contributed by atoms with Gasteiger partial charge in [-0.25, -0.2) is 4.98 Å². The van der Waals surface area contributed by atoms with Gasteiger partial charge < -0.3 is 10.0 Å². The molecule has 0 aliphatic carbocycles. The summed E-state index contributed by atoms with van der Waals surface area (Å²) in [6, 6.07) is 12.9. The average molecular weight is 342 g/mol. The van der Waals surface area contributed by atoms with Crippen LogP contribution in [-0.2, 0) is 0 Å². The molecule has 0 radical (unpaired) electrons. The Morgan fingerprint density at radius 1 is 1.16 bits per heavy atom. The van der Waals surface area contributed by atoms with Crippen LogP contribution in [0.1, 0.15) is 17.4 Å². The lowest BCUT2D eigenvalue weighted by molar-refractivity contribution is -0.385. The summed E-state index contributed by atoms with van der Waals surface area (Å²) in [7, 11) is 0. The summed E-state index contributed by atoms with van der Waals surface area (Å²) in [5.74, 6) is 0.770. The minimum absolute atomic E-state index is 0.0494. The first-order valence-electron chi connectivity index (χ1n) is 8.37. The molecule has 1 N–H and O–H groups in total. The summed E-state index contributed by atoms with van der Waals surface area (Å²) in [6.45, 7) is 5.47. The van der Waals surface area contributed by atoms with Crippen LogP contribution in [0.2, 0.25) is 0 Å². The number of rotatable bonds is 5. The van der Waals surface area contributed by atoms with Gasteiger partial charge in [-0.3, -0.25) is 15.0 Å². The minimum Gasteiger partial charge on any atom is -0.387 e. The molecule has 7 nitrogen and oxygen atoms in total. The predicted molar refractivity (Wildman–Crippen MR) is 95.7 cm³/mol. The van der Waals surface area contributed by atoms with E-state index in [1.165, 1.54) is 6.07 Å². The highest BCUT2D eigenvalue weighted by molar-refractivity contribution is 5.47. The molecule has 1 aliphatic rings. The molecule has 7 heteroatoms. The molecule has 1 aromatic heterocycles. The van der Waals surface area contributed by atoms with Crippen molar-refractivity contribution in [3.8, 4) is 0 Å². The van der Waals surface area contributed by atoms with Gasteiger partial charge >= 0.3 is 0 Å². The first kappa shape index (κ1) is 17.3. The molecule has 1 aromatic carbocycles. The van der Waals surface area contributed by atoms with E-state index >= 15 is 0 Å². The van der Waals surface area contributed by atoms with E-state index < -0.39 is 11.0 Å². The van der Waals surface area contributed by atoms with Crippen molar-refractivity contribution in [1.82, 2.24) is 9.88 Å². The Hall–Kier alpha value is -2.51. The highest BCUT2D eigenvalue weighted by Gasteiger charge is 2.22. The van der Waals surface area contributed by atoms with Gasteiger partial charge in [0.25, 0.3) is 5.69 Å². The molecule has 3 rings (SSSR count). The fraction of sp³-hybridized carbons (Fsp3) is 0.389.